The summed E-state index contributed by atoms with van der Waals surface area (Å²) in [6.45, 7) is 4.56. The first-order valence-corrected chi connectivity index (χ1v) is 9.29. The van der Waals surface area contributed by atoms with Gasteiger partial charge in [-0.15, -0.1) is 0 Å². The van der Waals surface area contributed by atoms with E-state index in [0.717, 1.165) is 0 Å². The van der Waals surface area contributed by atoms with Crippen molar-refractivity contribution in [2.45, 2.75) is 58.3 Å². The van der Waals surface area contributed by atoms with Gasteiger partial charge in [0.1, 0.15) is 24.5 Å². The largest absolute Gasteiger partial charge is 0.463 e. The smallest absolute Gasteiger partial charge is 0.303 e. The zero-order chi connectivity index (χ0) is 22.3. The number of carbonyl (C=O) groups is 4. The Kier molecular flexibility index (Phi) is 8.16. The summed E-state index contributed by atoms with van der Waals surface area (Å²) in [4.78, 5) is 46.6. The minimum atomic E-state index is -1.15. The van der Waals surface area contributed by atoms with Crippen LogP contribution in [0.2, 0.25) is 0 Å². The first kappa shape index (κ1) is 23.1. The second kappa shape index (κ2) is 10.6. The van der Waals surface area contributed by atoms with Crippen molar-refractivity contribution >= 4 is 23.8 Å². The van der Waals surface area contributed by atoms with Gasteiger partial charge >= 0.3 is 17.9 Å². The van der Waals surface area contributed by atoms with Crippen LogP contribution in [0, 0.1) is 0 Å². The maximum atomic E-state index is 11.8. The number of ether oxygens (including phenoxy) is 5. The lowest BCUT2D eigenvalue weighted by Crippen LogP contribution is -2.67. The van der Waals surface area contributed by atoms with Gasteiger partial charge < -0.3 is 29.0 Å². The average Bonchev–Trinajstić information content (AvgIpc) is 2.64. The minimum Gasteiger partial charge on any atom is -0.463 e. The number of para-hydroxylation sites is 1. The molecule has 0 unspecified atom stereocenters. The number of amides is 1. The van der Waals surface area contributed by atoms with E-state index in [1.165, 1.54) is 27.7 Å². The molecule has 1 aromatic carbocycles. The van der Waals surface area contributed by atoms with E-state index < -0.39 is 54.5 Å². The number of hydrogen-bond acceptors (Lipinski definition) is 9. The Labute approximate surface area is 173 Å². The Morgan fingerprint density at radius 3 is 2.03 bits per heavy atom. The lowest BCUT2D eigenvalue weighted by molar-refractivity contribution is -0.257. The van der Waals surface area contributed by atoms with Crippen molar-refractivity contribution in [1.29, 1.82) is 0 Å². The summed E-state index contributed by atoms with van der Waals surface area (Å²) in [6, 6.07) is 7.62. The summed E-state index contributed by atoms with van der Waals surface area (Å²) in [6.07, 6.45) is -4.45. The van der Waals surface area contributed by atoms with Gasteiger partial charge in [0, 0.05) is 27.7 Å². The van der Waals surface area contributed by atoms with Gasteiger partial charge in [0.15, 0.2) is 12.2 Å². The quantitative estimate of drug-likeness (QED) is 0.498. The Hall–Kier alpha value is -3.14. The lowest BCUT2D eigenvalue weighted by Gasteiger charge is -2.44. The molecular formula is C20H25NO9. The van der Waals surface area contributed by atoms with Crippen molar-refractivity contribution in [1.82, 2.24) is 5.32 Å². The summed E-state index contributed by atoms with van der Waals surface area (Å²) in [5, 5.41) is 2.63. The molecule has 0 saturated carbocycles. The number of nitrogens with one attached hydrogen (secondary N) is 1. The Morgan fingerprint density at radius 2 is 1.50 bits per heavy atom. The molecule has 164 valence electrons. The number of benzene rings is 1. The van der Waals surface area contributed by atoms with Gasteiger partial charge in [-0.2, -0.15) is 0 Å². The highest BCUT2D eigenvalue weighted by molar-refractivity contribution is 5.73. The Bertz CT molecular complexity index is 767. The van der Waals surface area contributed by atoms with Crippen molar-refractivity contribution in [2.24, 2.45) is 0 Å². The molecule has 1 N–H and O–H groups in total. The third kappa shape index (κ3) is 6.73. The molecule has 1 fully saturated rings. The third-order valence-corrected chi connectivity index (χ3v) is 4.07. The van der Waals surface area contributed by atoms with Crippen molar-refractivity contribution in [3.05, 3.63) is 30.3 Å². The van der Waals surface area contributed by atoms with Crippen LogP contribution in [0.15, 0.2) is 30.3 Å². The molecule has 1 amide bonds. The second-order valence-electron chi connectivity index (χ2n) is 6.65. The fourth-order valence-electron chi connectivity index (χ4n) is 3.02. The normalized spacial score (nSPS) is 25.5. The van der Waals surface area contributed by atoms with E-state index in [9.17, 15) is 19.2 Å². The van der Waals surface area contributed by atoms with E-state index in [2.05, 4.69) is 5.32 Å². The summed E-state index contributed by atoms with van der Waals surface area (Å²) in [5.74, 6) is -1.93. The molecule has 10 nitrogen and oxygen atoms in total. The van der Waals surface area contributed by atoms with Gasteiger partial charge in [-0.1, -0.05) is 18.2 Å². The number of carbonyl (C=O) groups excluding carboxylic acids is 4. The zero-order valence-corrected chi connectivity index (χ0v) is 17.2. The molecule has 30 heavy (non-hydrogen) atoms. The summed E-state index contributed by atoms with van der Waals surface area (Å²) < 4.78 is 27.5. The summed E-state index contributed by atoms with van der Waals surface area (Å²) >= 11 is 0. The van der Waals surface area contributed by atoms with Gasteiger partial charge in [-0.3, -0.25) is 19.2 Å². The van der Waals surface area contributed by atoms with Crippen LogP contribution in [0.5, 0.6) is 5.75 Å². The van der Waals surface area contributed by atoms with Crippen LogP contribution in [0.3, 0.4) is 0 Å². The van der Waals surface area contributed by atoms with E-state index in [1.807, 2.05) is 0 Å². The van der Waals surface area contributed by atoms with Gasteiger partial charge in [0.2, 0.25) is 12.2 Å². The SMILES string of the molecule is CC(=O)N[C@@H]1[C@@H](Oc2ccccc2)O[C@@H](COC(C)=O)[C@@H](OC(C)=O)[C@H]1OC(C)=O. The first-order valence-electron chi connectivity index (χ1n) is 9.29. The third-order valence-electron chi connectivity index (χ3n) is 4.07. The van der Waals surface area contributed by atoms with E-state index in [0.29, 0.717) is 5.75 Å². The van der Waals surface area contributed by atoms with Gasteiger partial charge in [-0.05, 0) is 12.1 Å². The Balaban J connectivity index is 2.42. The molecule has 0 spiro atoms. The monoisotopic (exact) mass is 423 g/mol. The number of rotatable bonds is 7. The molecule has 2 rings (SSSR count). The minimum absolute atomic E-state index is 0.285. The van der Waals surface area contributed by atoms with Crippen molar-refractivity contribution < 1.29 is 42.9 Å². The average molecular weight is 423 g/mol. The first-order chi connectivity index (χ1) is 14.2. The fourth-order valence-corrected chi connectivity index (χ4v) is 3.02. The van der Waals surface area contributed by atoms with Gasteiger partial charge in [0.25, 0.3) is 0 Å². The summed E-state index contributed by atoms with van der Waals surface area (Å²) in [5.41, 5.74) is 0. The molecule has 5 atom stereocenters. The highest BCUT2D eigenvalue weighted by Crippen LogP contribution is 2.29. The fraction of sp³-hybridized carbons (Fsp3) is 0.500. The van der Waals surface area contributed by atoms with Crippen LogP contribution in [0.25, 0.3) is 0 Å². The Morgan fingerprint density at radius 1 is 0.900 bits per heavy atom. The molecule has 1 heterocycles. The van der Waals surface area contributed by atoms with Crippen molar-refractivity contribution in [3.63, 3.8) is 0 Å². The van der Waals surface area contributed by atoms with Crippen LogP contribution in [0.4, 0.5) is 0 Å². The molecule has 1 saturated heterocycles. The molecule has 0 aliphatic carbocycles. The zero-order valence-electron chi connectivity index (χ0n) is 17.2. The summed E-state index contributed by atoms with van der Waals surface area (Å²) in [7, 11) is 0. The molecule has 1 aliphatic heterocycles. The second-order valence-corrected chi connectivity index (χ2v) is 6.65. The standard InChI is InChI=1S/C20H25NO9/c1-11(22)21-17-19(28-14(4)25)18(27-13(3)24)16(10-26-12(2)23)30-20(17)29-15-8-6-5-7-9-15/h5-9,16-20H,10H2,1-4H3,(H,21,22)/t16-,17-,18+,19-,20-/m0/s1. The van der Waals surface area contributed by atoms with E-state index in [1.54, 1.807) is 30.3 Å². The van der Waals surface area contributed by atoms with E-state index in [4.69, 9.17) is 23.7 Å². The van der Waals surface area contributed by atoms with Gasteiger partial charge in [-0.25, -0.2) is 0 Å². The number of esters is 3. The highest BCUT2D eigenvalue weighted by Gasteiger charge is 2.51. The van der Waals surface area contributed by atoms with E-state index >= 15 is 0 Å². The molecule has 10 heteroatoms. The molecule has 0 bridgehead atoms. The lowest BCUT2D eigenvalue weighted by atomic mass is 9.96. The van der Waals surface area contributed by atoms with Gasteiger partial charge in [0.05, 0.1) is 0 Å². The van der Waals surface area contributed by atoms with Crippen LogP contribution < -0.4 is 10.1 Å². The maximum Gasteiger partial charge on any atom is 0.303 e. The molecule has 0 aromatic heterocycles. The highest BCUT2D eigenvalue weighted by atomic mass is 16.7. The predicted octanol–water partition coefficient (Wildman–Crippen LogP) is 0.721. The molecular weight excluding hydrogens is 398 g/mol. The van der Waals surface area contributed by atoms with E-state index in [-0.39, 0.29) is 6.61 Å². The molecule has 0 radical (unpaired) electrons. The number of hydrogen-bond donors (Lipinski definition) is 1. The molecule has 1 aromatic rings. The van der Waals surface area contributed by atoms with Crippen molar-refractivity contribution in [2.75, 3.05) is 6.61 Å². The van der Waals surface area contributed by atoms with Crippen molar-refractivity contribution in [3.8, 4) is 5.75 Å². The van der Waals surface area contributed by atoms with Crippen LogP contribution >= 0.6 is 0 Å². The predicted molar refractivity (Wildman–Crippen MR) is 101 cm³/mol. The van der Waals surface area contributed by atoms with Crippen LogP contribution in [-0.2, 0) is 38.1 Å². The molecule has 1 aliphatic rings. The van der Waals surface area contributed by atoms with Crippen LogP contribution in [-0.4, -0.2) is 61.1 Å². The topological polar surface area (TPSA) is 126 Å². The maximum absolute atomic E-state index is 11.8. The van der Waals surface area contributed by atoms with Crippen LogP contribution in [0.1, 0.15) is 27.7 Å².